The van der Waals surface area contributed by atoms with Gasteiger partial charge in [0.1, 0.15) is 0 Å². The fraction of sp³-hybridized carbons (Fsp3) is 0.200. The zero-order valence-electron chi connectivity index (χ0n) is 17.4. The lowest BCUT2D eigenvalue weighted by molar-refractivity contribution is -0.120. The molecule has 1 saturated carbocycles. The van der Waals surface area contributed by atoms with Crippen molar-refractivity contribution in [2.24, 2.45) is 0 Å². The zero-order chi connectivity index (χ0) is 22.7. The number of aromatic carboxylic acids is 1. The third kappa shape index (κ3) is 3.12. The molecule has 0 bridgehead atoms. The second-order valence-electron chi connectivity index (χ2n) is 8.48. The minimum atomic E-state index is -3.28. The van der Waals surface area contributed by atoms with Crippen molar-refractivity contribution in [2.45, 2.75) is 29.2 Å². The molecule has 1 fully saturated rings. The fourth-order valence-corrected chi connectivity index (χ4v) is 5.47. The highest BCUT2D eigenvalue weighted by Gasteiger charge is 2.67. The molecule has 1 aliphatic heterocycles. The number of anilines is 1. The molecule has 2 atom stereocenters. The van der Waals surface area contributed by atoms with Crippen LogP contribution in [-0.4, -0.2) is 31.7 Å². The van der Waals surface area contributed by atoms with Crippen LogP contribution in [0.2, 0.25) is 0 Å². The van der Waals surface area contributed by atoms with Crippen molar-refractivity contribution in [3.8, 4) is 0 Å². The largest absolute Gasteiger partial charge is 0.478 e. The van der Waals surface area contributed by atoms with Crippen LogP contribution in [0.4, 0.5) is 5.69 Å². The first kappa shape index (κ1) is 20.5. The first-order valence-electron chi connectivity index (χ1n) is 10.3. The standard InChI is InChI=1S/C25H21NO5S/c1-32(30,31)19-11-9-17(10-12-19)21-14-25(21)20-7-2-3-8-22(20)26(24(25)29)15-16-5-4-6-18(13-16)23(27)28/h2-13,21H,14-15H2,1H3,(H,27,28)/t21-,25-/m0/s1. The molecule has 1 heterocycles. The van der Waals surface area contributed by atoms with E-state index in [4.69, 9.17) is 0 Å². The molecular weight excluding hydrogens is 426 g/mol. The molecule has 1 spiro atoms. The minimum Gasteiger partial charge on any atom is -0.478 e. The summed E-state index contributed by atoms with van der Waals surface area (Å²) in [7, 11) is -3.28. The topological polar surface area (TPSA) is 91.8 Å². The van der Waals surface area contributed by atoms with Gasteiger partial charge < -0.3 is 10.0 Å². The van der Waals surface area contributed by atoms with E-state index in [1.54, 1.807) is 41.3 Å². The van der Waals surface area contributed by atoms with Gasteiger partial charge >= 0.3 is 5.97 Å². The number of amides is 1. The Kier molecular flexibility index (Phi) is 4.49. The molecular formula is C25H21NO5S. The number of hydrogen-bond donors (Lipinski definition) is 1. The molecule has 2 aliphatic rings. The van der Waals surface area contributed by atoms with Crippen LogP contribution < -0.4 is 4.90 Å². The number of carbonyl (C=O) groups excluding carboxylic acids is 1. The number of hydrogen-bond acceptors (Lipinski definition) is 4. The van der Waals surface area contributed by atoms with Crippen molar-refractivity contribution in [3.05, 3.63) is 95.1 Å². The lowest BCUT2D eigenvalue weighted by Crippen LogP contribution is -2.32. The van der Waals surface area contributed by atoms with Crippen molar-refractivity contribution in [1.29, 1.82) is 0 Å². The van der Waals surface area contributed by atoms with Crippen LogP contribution in [0.3, 0.4) is 0 Å². The maximum Gasteiger partial charge on any atom is 0.335 e. The van der Waals surface area contributed by atoms with E-state index in [0.717, 1.165) is 22.4 Å². The maximum absolute atomic E-state index is 13.7. The molecule has 0 aromatic heterocycles. The summed E-state index contributed by atoms with van der Waals surface area (Å²) in [5.74, 6) is -1.03. The number of carboxylic acid groups (broad SMARTS) is 1. The van der Waals surface area contributed by atoms with Gasteiger partial charge in [0, 0.05) is 17.9 Å². The molecule has 1 N–H and O–H groups in total. The quantitative estimate of drug-likeness (QED) is 0.643. The number of rotatable bonds is 5. The molecule has 7 heteroatoms. The zero-order valence-corrected chi connectivity index (χ0v) is 18.2. The highest BCUT2D eigenvalue weighted by atomic mass is 32.2. The van der Waals surface area contributed by atoms with Crippen molar-refractivity contribution in [1.82, 2.24) is 0 Å². The monoisotopic (exact) mass is 447 g/mol. The first-order chi connectivity index (χ1) is 15.2. The van der Waals surface area contributed by atoms with E-state index in [9.17, 15) is 23.1 Å². The van der Waals surface area contributed by atoms with E-state index in [0.29, 0.717) is 13.0 Å². The van der Waals surface area contributed by atoms with Crippen LogP contribution in [0.15, 0.2) is 77.7 Å². The second kappa shape index (κ2) is 7.03. The normalized spacial score (nSPS) is 21.6. The Morgan fingerprint density at radius 1 is 1.06 bits per heavy atom. The van der Waals surface area contributed by atoms with Crippen LogP contribution in [0.5, 0.6) is 0 Å². The van der Waals surface area contributed by atoms with Gasteiger partial charge in [-0.25, -0.2) is 13.2 Å². The van der Waals surface area contributed by atoms with Gasteiger partial charge in [-0.15, -0.1) is 0 Å². The highest BCUT2D eigenvalue weighted by molar-refractivity contribution is 7.90. The highest BCUT2D eigenvalue weighted by Crippen LogP contribution is 2.66. The molecule has 3 aromatic rings. The summed E-state index contributed by atoms with van der Waals surface area (Å²) in [5.41, 5.74) is 3.03. The molecule has 0 saturated heterocycles. The van der Waals surface area contributed by atoms with Gasteiger partial charge in [-0.3, -0.25) is 4.79 Å². The van der Waals surface area contributed by atoms with Crippen molar-refractivity contribution in [3.63, 3.8) is 0 Å². The van der Waals surface area contributed by atoms with E-state index >= 15 is 0 Å². The summed E-state index contributed by atoms with van der Waals surface area (Å²) in [5, 5.41) is 9.29. The van der Waals surface area contributed by atoms with Gasteiger partial charge in [0.2, 0.25) is 5.91 Å². The Hall–Kier alpha value is -3.45. The van der Waals surface area contributed by atoms with Gasteiger partial charge in [0.25, 0.3) is 0 Å². The predicted octanol–water partition coefficient (Wildman–Crippen LogP) is 3.76. The average molecular weight is 448 g/mol. The van der Waals surface area contributed by atoms with E-state index in [2.05, 4.69) is 0 Å². The number of para-hydroxylation sites is 1. The number of carboxylic acids is 1. The molecule has 1 aliphatic carbocycles. The van der Waals surface area contributed by atoms with E-state index in [-0.39, 0.29) is 22.3 Å². The maximum atomic E-state index is 13.7. The number of nitrogens with zero attached hydrogens (tertiary/aromatic N) is 1. The summed E-state index contributed by atoms with van der Waals surface area (Å²) in [6, 6.07) is 21.1. The van der Waals surface area contributed by atoms with Gasteiger partial charge in [-0.05, 0) is 53.4 Å². The predicted molar refractivity (Wildman–Crippen MR) is 120 cm³/mol. The number of carbonyl (C=O) groups is 2. The Bertz CT molecular complexity index is 1360. The Morgan fingerprint density at radius 2 is 1.78 bits per heavy atom. The van der Waals surface area contributed by atoms with Crippen LogP contribution >= 0.6 is 0 Å². The van der Waals surface area contributed by atoms with E-state index < -0.39 is 21.2 Å². The third-order valence-electron chi connectivity index (χ3n) is 6.49. The minimum absolute atomic E-state index is 0.00313. The SMILES string of the molecule is CS(=O)(=O)c1ccc([C@@H]2C[C@@]23C(=O)N(Cc2cccc(C(=O)O)c2)c2ccccc23)cc1. The lowest BCUT2D eigenvalue weighted by atomic mass is 9.92. The Morgan fingerprint density at radius 3 is 2.47 bits per heavy atom. The number of benzene rings is 3. The van der Waals surface area contributed by atoms with Crippen molar-refractivity contribution < 1.29 is 23.1 Å². The van der Waals surface area contributed by atoms with Crippen LogP contribution in [0, 0.1) is 0 Å². The van der Waals surface area contributed by atoms with Crippen molar-refractivity contribution in [2.75, 3.05) is 11.2 Å². The number of sulfone groups is 1. The molecule has 1 amide bonds. The van der Waals surface area contributed by atoms with E-state index in [1.807, 2.05) is 30.3 Å². The first-order valence-corrected chi connectivity index (χ1v) is 12.1. The fourth-order valence-electron chi connectivity index (χ4n) is 4.84. The molecule has 6 nitrogen and oxygen atoms in total. The van der Waals surface area contributed by atoms with Gasteiger partial charge in [-0.1, -0.05) is 42.5 Å². The molecule has 3 aromatic carbocycles. The third-order valence-corrected chi connectivity index (χ3v) is 7.62. The Balaban J connectivity index is 1.49. The van der Waals surface area contributed by atoms with Gasteiger partial charge in [0.05, 0.1) is 22.4 Å². The average Bonchev–Trinajstić information content (AvgIpc) is 3.49. The summed E-state index contributed by atoms with van der Waals surface area (Å²) in [4.78, 5) is 27.0. The Labute approximate surface area is 186 Å². The molecule has 32 heavy (non-hydrogen) atoms. The van der Waals surface area contributed by atoms with E-state index in [1.165, 1.54) is 12.3 Å². The van der Waals surface area contributed by atoms with Crippen LogP contribution in [0.25, 0.3) is 0 Å². The summed E-state index contributed by atoms with van der Waals surface area (Å²) in [6.45, 7) is 0.290. The van der Waals surface area contributed by atoms with Crippen molar-refractivity contribution >= 4 is 27.4 Å². The molecule has 5 rings (SSSR count). The second-order valence-corrected chi connectivity index (χ2v) is 10.5. The van der Waals surface area contributed by atoms with Gasteiger partial charge in [-0.2, -0.15) is 0 Å². The molecule has 162 valence electrons. The van der Waals surface area contributed by atoms with Crippen LogP contribution in [-0.2, 0) is 26.6 Å². The van der Waals surface area contributed by atoms with Crippen LogP contribution in [0.1, 0.15) is 39.4 Å². The van der Waals surface area contributed by atoms with Gasteiger partial charge in [0.15, 0.2) is 9.84 Å². The lowest BCUT2D eigenvalue weighted by Gasteiger charge is -2.19. The summed E-state index contributed by atoms with van der Waals surface area (Å²) >= 11 is 0. The molecule has 0 radical (unpaired) electrons. The smallest absolute Gasteiger partial charge is 0.335 e. The number of fused-ring (bicyclic) bond motifs is 2. The summed E-state index contributed by atoms with van der Waals surface area (Å²) < 4.78 is 23.6. The molecule has 0 unspecified atom stereocenters. The summed E-state index contributed by atoms with van der Waals surface area (Å²) in [6.07, 6.45) is 1.83.